The number of benzene rings is 1. The van der Waals surface area contributed by atoms with E-state index in [1.165, 1.54) is 11.1 Å². The molecule has 1 aromatic rings. The second-order valence-corrected chi connectivity index (χ2v) is 5.35. The molecular weight excluding hydrogens is 222 g/mol. The average Bonchev–Trinajstić information content (AvgIpc) is 2.32. The van der Waals surface area contributed by atoms with Crippen LogP contribution in [0.5, 0.6) is 5.75 Å². The first-order valence-corrected chi connectivity index (χ1v) is 6.99. The maximum absolute atomic E-state index is 6.10. The Bertz CT molecular complexity index is 360. The van der Waals surface area contributed by atoms with E-state index in [1.807, 2.05) is 0 Å². The third-order valence-corrected chi connectivity index (χ3v) is 3.28. The lowest BCUT2D eigenvalue weighted by Gasteiger charge is -2.23. The van der Waals surface area contributed by atoms with Crippen molar-refractivity contribution in [3.63, 3.8) is 0 Å². The van der Waals surface area contributed by atoms with Crippen LogP contribution in [-0.4, -0.2) is 19.2 Å². The molecule has 1 N–H and O–H groups in total. The molecule has 0 aliphatic rings. The van der Waals surface area contributed by atoms with Crippen LogP contribution < -0.4 is 10.1 Å². The Morgan fingerprint density at radius 3 is 2.44 bits per heavy atom. The van der Waals surface area contributed by atoms with Crippen LogP contribution in [0.3, 0.4) is 0 Å². The van der Waals surface area contributed by atoms with Crippen molar-refractivity contribution in [3.8, 4) is 5.75 Å². The molecule has 0 amide bonds. The van der Waals surface area contributed by atoms with Crippen LogP contribution in [0.2, 0.25) is 0 Å². The summed E-state index contributed by atoms with van der Waals surface area (Å²) in [5.41, 5.74) is 2.60. The van der Waals surface area contributed by atoms with Crippen LogP contribution in [0.15, 0.2) is 18.2 Å². The Labute approximate surface area is 112 Å². The molecule has 2 heteroatoms. The van der Waals surface area contributed by atoms with Crippen LogP contribution in [0.1, 0.15) is 38.3 Å². The lowest BCUT2D eigenvalue weighted by Crippen LogP contribution is -2.35. The lowest BCUT2D eigenvalue weighted by molar-refractivity contribution is 0.149. The fraction of sp³-hybridized carbons (Fsp3) is 0.625. The van der Waals surface area contributed by atoms with E-state index in [4.69, 9.17) is 4.74 Å². The van der Waals surface area contributed by atoms with Gasteiger partial charge >= 0.3 is 0 Å². The number of aryl methyl sites for hydroxylation is 2. The molecule has 102 valence electrons. The highest BCUT2D eigenvalue weighted by atomic mass is 16.5. The topological polar surface area (TPSA) is 21.3 Å². The number of hydrogen-bond acceptors (Lipinski definition) is 2. The van der Waals surface area contributed by atoms with Gasteiger partial charge in [-0.1, -0.05) is 26.8 Å². The summed E-state index contributed by atoms with van der Waals surface area (Å²) in [6.07, 6.45) is 1.40. The van der Waals surface area contributed by atoms with Crippen molar-refractivity contribution >= 4 is 0 Å². The van der Waals surface area contributed by atoms with Gasteiger partial charge in [0.25, 0.3) is 0 Å². The minimum Gasteiger partial charge on any atom is -0.489 e. The minimum atomic E-state index is 0.235. The van der Waals surface area contributed by atoms with Crippen LogP contribution in [0.4, 0.5) is 0 Å². The molecule has 1 unspecified atom stereocenters. The predicted octanol–water partition coefficient (Wildman–Crippen LogP) is 3.71. The Kier molecular flexibility index (Phi) is 6.20. The third kappa shape index (κ3) is 4.69. The molecule has 0 heterocycles. The largest absolute Gasteiger partial charge is 0.489 e. The first-order chi connectivity index (χ1) is 8.54. The summed E-state index contributed by atoms with van der Waals surface area (Å²) >= 11 is 0. The van der Waals surface area contributed by atoms with E-state index < -0.39 is 0 Å². The second kappa shape index (κ2) is 7.42. The third-order valence-electron chi connectivity index (χ3n) is 3.28. The number of ether oxygens (including phenoxy) is 1. The van der Waals surface area contributed by atoms with E-state index in [9.17, 15) is 0 Å². The average molecular weight is 249 g/mol. The Morgan fingerprint density at radius 1 is 1.17 bits per heavy atom. The van der Waals surface area contributed by atoms with Gasteiger partial charge in [0.05, 0.1) is 0 Å². The van der Waals surface area contributed by atoms with Gasteiger partial charge in [0.2, 0.25) is 0 Å². The monoisotopic (exact) mass is 249 g/mol. The van der Waals surface area contributed by atoms with Crippen molar-refractivity contribution in [2.75, 3.05) is 13.1 Å². The SMILES string of the molecule is CCCNCC(Oc1ccc(C)c(C)c1)C(C)C. The van der Waals surface area contributed by atoms with Crippen LogP contribution in [0, 0.1) is 19.8 Å². The minimum absolute atomic E-state index is 0.235. The van der Waals surface area contributed by atoms with E-state index in [2.05, 4.69) is 58.1 Å². The molecule has 0 spiro atoms. The molecule has 2 nitrogen and oxygen atoms in total. The van der Waals surface area contributed by atoms with Gasteiger partial charge in [-0.25, -0.2) is 0 Å². The molecule has 0 aromatic heterocycles. The summed E-state index contributed by atoms with van der Waals surface area (Å²) in [6.45, 7) is 12.8. The van der Waals surface area contributed by atoms with Crippen LogP contribution >= 0.6 is 0 Å². The van der Waals surface area contributed by atoms with Gasteiger partial charge in [0, 0.05) is 6.54 Å². The summed E-state index contributed by atoms with van der Waals surface area (Å²) in [4.78, 5) is 0. The van der Waals surface area contributed by atoms with Gasteiger partial charge in [-0.05, 0) is 56.0 Å². The van der Waals surface area contributed by atoms with E-state index in [1.54, 1.807) is 0 Å². The zero-order valence-corrected chi connectivity index (χ0v) is 12.4. The van der Waals surface area contributed by atoms with E-state index in [0.717, 1.165) is 25.3 Å². The number of nitrogens with one attached hydrogen (secondary N) is 1. The van der Waals surface area contributed by atoms with Crippen LogP contribution in [-0.2, 0) is 0 Å². The molecule has 0 aliphatic carbocycles. The molecule has 1 aromatic carbocycles. The summed E-state index contributed by atoms with van der Waals surface area (Å²) in [5.74, 6) is 1.49. The zero-order valence-electron chi connectivity index (χ0n) is 12.4. The molecule has 0 radical (unpaired) electrons. The molecule has 0 saturated heterocycles. The molecule has 18 heavy (non-hydrogen) atoms. The Morgan fingerprint density at radius 2 is 1.89 bits per heavy atom. The smallest absolute Gasteiger partial charge is 0.120 e. The standard InChI is InChI=1S/C16H27NO/c1-6-9-17-11-16(12(2)3)18-15-8-7-13(4)14(5)10-15/h7-8,10,12,16-17H,6,9,11H2,1-5H3. The fourth-order valence-corrected chi connectivity index (χ4v) is 1.80. The fourth-order valence-electron chi connectivity index (χ4n) is 1.80. The number of hydrogen-bond donors (Lipinski definition) is 1. The summed E-state index contributed by atoms with van der Waals surface area (Å²) in [5, 5.41) is 3.44. The highest BCUT2D eigenvalue weighted by Crippen LogP contribution is 2.19. The summed E-state index contributed by atoms with van der Waals surface area (Å²) < 4.78 is 6.10. The predicted molar refractivity (Wildman–Crippen MR) is 78.3 cm³/mol. The van der Waals surface area contributed by atoms with Gasteiger partial charge in [0.15, 0.2) is 0 Å². The quantitative estimate of drug-likeness (QED) is 0.744. The van der Waals surface area contributed by atoms with E-state index in [-0.39, 0.29) is 6.10 Å². The molecule has 0 bridgehead atoms. The molecule has 0 fully saturated rings. The van der Waals surface area contributed by atoms with E-state index in [0.29, 0.717) is 5.92 Å². The van der Waals surface area contributed by atoms with Crippen LogP contribution in [0.25, 0.3) is 0 Å². The van der Waals surface area contributed by atoms with Gasteiger partial charge in [-0.2, -0.15) is 0 Å². The normalized spacial score (nSPS) is 12.8. The van der Waals surface area contributed by atoms with Gasteiger partial charge in [-0.3, -0.25) is 0 Å². The molecule has 1 atom stereocenters. The number of rotatable bonds is 7. The van der Waals surface area contributed by atoms with Crippen molar-refractivity contribution in [3.05, 3.63) is 29.3 Å². The first kappa shape index (κ1) is 15.0. The van der Waals surface area contributed by atoms with Gasteiger partial charge in [-0.15, -0.1) is 0 Å². The molecular formula is C16H27NO. The molecule has 1 rings (SSSR count). The Balaban J connectivity index is 2.61. The summed E-state index contributed by atoms with van der Waals surface area (Å²) in [6, 6.07) is 6.32. The lowest BCUT2D eigenvalue weighted by atomic mass is 10.1. The van der Waals surface area contributed by atoms with Crippen molar-refractivity contribution in [2.24, 2.45) is 5.92 Å². The molecule has 0 saturated carbocycles. The van der Waals surface area contributed by atoms with Crippen molar-refractivity contribution in [1.82, 2.24) is 5.32 Å². The van der Waals surface area contributed by atoms with Crippen molar-refractivity contribution in [2.45, 2.75) is 47.1 Å². The van der Waals surface area contributed by atoms with E-state index >= 15 is 0 Å². The van der Waals surface area contributed by atoms with Crippen molar-refractivity contribution < 1.29 is 4.74 Å². The molecule has 0 aliphatic heterocycles. The highest BCUT2D eigenvalue weighted by Gasteiger charge is 2.14. The highest BCUT2D eigenvalue weighted by molar-refractivity contribution is 5.33. The second-order valence-electron chi connectivity index (χ2n) is 5.35. The van der Waals surface area contributed by atoms with Gasteiger partial charge in [0.1, 0.15) is 11.9 Å². The first-order valence-electron chi connectivity index (χ1n) is 6.99. The van der Waals surface area contributed by atoms with Gasteiger partial charge < -0.3 is 10.1 Å². The maximum Gasteiger partial charge on any atom is 0.120 e. The van der Waals surface area contributed by atoms with Crippen molar-refractivity contribution in [1.29, 1.82) is 0 Å². The summed E-state index contributed by atoms with van der Waals surface area (Å²) in [7, 11) is 0. The maximum atomic E-state index is 6.10. The zero-order chi connectivity index (χ0) is 13.5. The Hall–Kier alpha value is -1.02.